The first-order chi connectivity index (χ1) is 29.5. The van der Waals surface area contributed by atoms with Crippen LogP contribution in [0.5, 0.6) is 0 Å². The molecule has 12 rings (SSSR count). The van der Waals surface area contributed by atoms with Crippen LogP contribution in [0.4, 0.5) is 17.1 Å². The lowest BCUT2D eigenvalue weighted by atomic mass is 9.67. The number of hydrogen-bond acceptors (Lipinski definition) is 2. The summed E-state index contributed by atoms with van der Waals surface area (Å²) in [5, 5.41) is 2.21. The molecule has 0 fully saturated rings. The zero-order valence-electron chi connectivity index (χ0n) is 33.6. The highest BCUT2D eigenvalue weighted by Crippen LogP contribution is 2.58. The van der Waals surface area contributed by atoms with Crippen molar-refractivity contribution >= 4 is 39.0 Å². The zero-order chi connectivity index (χ0) is 40.0. The van der Waals surface area contributed by atoms with E-state index in [2.05, 4.69) is 231 Å². The van der Waals surface area contributed by atoms with E-state index in [-0.39, 0.29) is 5.41 Å². The van der Waals surface area contributed by atoms with Gasteiger partial charge in [-0.15, -0.1) is 0 Å². The Morgan fingerprint density at radius 1 is 0.400 bits per heavy atom. The molecular weight excluding hydrogens is 727 g/mol. The first-order valence-corrected chi connectivity index (χ1v) is 20.9. The largest absolute Gasteiger partial charge is 0.456 e. The molecule has 1 aromatic heterocycles. The molecule has 0 radical (unpaired) electrons. The predicted molar refractivity (Wildman–Crippen MR) is 249 cm³/mol. The summed E-state index contributed by atoms with van der Waals surface area (Å²) in [6.45, 7) is 4.70. The highest BCUT2D eigenvalue weighted by molar-refractivity contribution is 6.09. The van der Waals surface area contributed by atoms with Crippen molar-refractivity contribution in [2.24, 2.45) is 0 Å². The third-order valence-corrected chi connectivity index (χ3v) is 13.4. The van der Waals surface area contributed by atoms with Crippen molar-refractivity contribution in [3.8, 4) is 33.4 Å². The third-order valence-electron chi connectivity index (χ3n) is 13.4. The molecule has 60 heavy (non-hydrogen) atoms. The van der Waals surface area contributed by atoms with Crippen LogP contribution in [0.15, 0.2) is 217 Å². The van der Waals surface area contributed by atoms with Gasteiger partial charge in [0, 0.05) is 44.8 Å². The molecule has 10 aromatic rings. The van der Waals surface area contributed by atoms with Crippen LogP contribution in [0.2, 0.25) is 0 Å². The number of fused-ring (bicyclic) bond motifs is 9. The molecule has 284 valence electrons. The SMILES string of the molecule is CC1(C)c2ccccc2-c2c(N(c3ccc(-c4ccccc4)cc3)c3ccc4c(c3)oc3c(C5(c6ccccc6)c6ccccc6-c6ccccc65)cccc34)cccc21. The van der Waals surface area contributed by atoms with Gasteiger partial charge in [-0.1, -0.05) is 190 Å². The second-order valence-electron chi connectivity index (χ2n) is 16.8. The molecule has 0 spiro atoms. The molecule has 0 amide bonds. The highest BCUT2D eigenvalue weighted by atomic mass is 16.3. The van der Waals surface area contributed by atoms with Crippen LogP contribution >= 0.6 is 0 Å². The Kier molecular flexibility index (Phi) is 7.52. The van der Waals surface area contributed by atoms with Crippen molar-refractivity contribution in [2.45, 2.75) is 24.7 Å². The van der Waals surface area contributed by atoms with Gasteiger partial charge in [0.05, 0.1) is 11.1 Å². The summed E-state index contributed by atoms with van der Waals surface area (Å²) < 4.78 is 7.27. The first kappa shape index (κ1) is 34.6. The topological polar surface area (TPSA) is 16.4 Å². The summed E-state index contributed by atoms with van der Waals surface area (Å²) in [5.41, 5.74) is 19.5. The summed E-state index contributed by atoms with van der Waals surface area (Å²) >= 11 is 0. The van der Waals surface area contributed by atoms with Crippen molar-refractivity contribution in [3.05, 3.63) is 246 Å². The number of anilines is 3. The predicted octanol–water partition coefficient (Wildman–Crippen LogP) is 15.4. The monoisotopic (exact) mass is 767 g/mol. The molecule has 0 bridgehead atoms. The van der Waals surface area contributed by atoms with E-state index in [4.69, 9.17) is 4.42 Å². The Bertz CT molecular complexity index is 3240. The van der Waals surface area contributed by atoms with Gasteiger partial charge in [0.2, 0.25) is 0 Å². The number of hydrogen-bond donors (Lipinski definition) is 0. The lowest BCUT2D eigenvalue weighted by molar-refractivity contribution is 0.648. The van der Waals surface area contributed by atoms with Crippen molar-refractivity contribution in [3.63, 3.8) is 0 Å². The normalized spacial score (nSPS) is 14.1. The zero-order valence-corrected chi connectivity index (χ0v) is 33.6. The molecule has 0 unspecified atom stereocenters. The molecule has 0 aliphatic heterocycles. The first-order valence-electron chi connectivity index (χ1n) is 20.9. The van der Waals surface area contributed by atoms with Gasteiger partial charge in [-0.3, -0.25) is 0 Å². The summed E-state index contributed by atoms with van der Waals surface area (Å²) in [6.07, 6.45) is 0. The van der Waals surface area contributed by atoms with Crippen LogP contribution in [-0.2, 0) is 10.8 Å². The Balaban J connectivity index is 1.09. The second-order valence-corrected chi connectivity index (χ2v) is 16.8. The van der Waals surface area contributed by atoms with Gasteiger partial charge in [-0.25, -0.2) is 0 Å². The van der Waals surface area contributed by atoms with E-state index in [1.807, 2.05) is 0 Å². The molecule has 2 heteroatoms. The molecule has 9 aromatic carbocycles. The van der Waals surface area contributed by atoms with E-state index in [0.717, 1.165) is 44.6 Å². The van der Waals surface area contributed by atoms with Gasteiger partial charge in [-0.05, 0) is 86.0 Å². The molecule has 2 nitrogen and oxygen atoms in total. The fraction of sp³-hybridized carbons (Fsp3) is 0.0690. The minimum Gasteiger partial charge on any atom is -0.456 e. The fourth-order valence-corrected chi connectivity index (χ4v) is 10.7. The summed E-state index contributed by atoms with van der Waals surface area (Å²) in [7, 11) is 0. The van der Waals surface area contributed by atoms with Crippen LogP contribution in [0, 0.1) is 0 Å². The number of benzene rings is 9. The van der Waals surface area contributed by atoms with Crippen LogP contribution in [0.1, 0.15) is 47.2 Å². The van der Waals surface area contributed by atoms with Gasteiger partial charge < -0.3 is 9.32 Å². The summed E-state index contributed by atoms with van der Waals surface area (Å²) in [4.78, 5) is 2.42. The molecule has 0 N–H and O–H groups in total. The van der Waals surface area contributed by atoms with Gasteiger partial charge in [0.1, 0.15) is 11.2 Å². The fourth-order valence-electron chi connectivity index (χ4n) is 10.7. The number of rotatable bonds is 6. The van der Waals surface area contributed by atoms with E-state index in [9.17, 15) is 0 Å². The Labute approximate surface area is 350 Å². The van der Waals surface area contributed by atoms with Gasteiger partial charge >= 0.3 is 0 Å². The van der Waals surface area contributed by atoms with Gasteiger partial charge in [0.15, 0.2) is 0 Å². The second kappa shape index (κ2) is 13.0. The van der Waals surface area contributed by atoms with Crippen LogP contribution in [0.25, 0.3) is 55.3 Å². The molecule has 2 aliphatic carbocycles. The lowest BCUT2D eigenvalue weighted by Crippen LogP contribution is -2.28. The van der Waals surface area contributed by atoms with E-state index in [1.54, 1.807) is 0 Å². The third kappa shape index (κ3) is 4.82. The maximum atomic E-state index is 7.27. The van der Waals surface area contributed by atoms with E-state index < -0.39 is 5.41 Å². The standard InChI is InChI=1S/C58H41NO/c1-57(2)48-25-12-11-23-47(48)55-51(57)28-16-30-53(55)59(41-33-31-39(32-34-41)38-17-5-3-6-18-38)42-35-36-45-46-24-15-29-52(56(46)60-54(45)37-42)58(40-19-7-4-8-20-40)49-26-13-9-21-43(49)44-22-10-14-27-50(44)58/h3-37H,1-2H3. The minimum absolute atomic E-state index is 0.129. The number of furan rings is 1. The lowest BCUT2D eigenvalue weighted by Gasteiger charge is -2.33. The Morgan fingerprint density at radius 2 is 0.950 bits per heavy atom. The molecule has 0 atom stereocenters. The maximum Gasteiger partial charge on any atom is 0.140 e. The average Bonchev–Trinajstić information content (AvgIpc) is 3.91. The molecule has 2 aliphatic rings. The summed E-state index contributed by atoms with van der Waals surface area (Å²) in [6, 6.07) is 77.6. The van der Waals surface area contributed by atoms with Crippen molar-refractivity contribution in [2.75, 3.05) is 4.90 Å². The minimum atomic E-state index is -0.567. The van der Waals surface area contributed by atoms with Crippen LogP contribution in [-0.4, -0.2) is 0 Å². The molecule has 0 saturated carbocycles. The van der Waals surface area contributed by atoms with Crippen molar-refractivity contribution < 1.29 is 4.42 Å². The highest BCUT2D eigenvalue weighted by Gasteiger charge is 2.47. The maximum absolute atomic E-state index is 7.27. The van der Waals surface area contributed by atoms with Gasteiger partial charge in [0.25, 0.3) is 0 Å². The van der Waals surface area contributed by atoms with Gasteiger partial charge in [-0.2, -0.15) is 0 Å². The van der Waals surface area contributed by atoms with Crippen molar-refractivity contribution in [1.29, 1.82) is 0 Å². The number of para-hydroxylation sites is 1. The van der Waals surface area contributed by atoms with Crippen LogP contribution in [0.3, 0.4) is 0 Å². The average molecular weight is 768 g/mol. The van der Waals surface area contributed by atoms with Crippen LogP contribution < -0.4 is 4.90 Å². The quantitative estimate of drug-likeness (QED) is 0.168. The van der Waals surface area contributed by atoms with E-state index in [0.29, 0.717) is 0 Å². The summed E-state index contributed by atoms with van der Waals surface area (Å²) in [5.74, 6) is 0. The molecular formula is C58H41NO. The van der Waals surface area contributed by atoms with E-state index in [1.165, 1.54) is 61.2 Å². The van der Waals surface area contributed by atoms with Crippen molar-refractivity contribution in [1.82, 2.24) is 0 Å². The Morgan fingerprint density at radius 3 is 1.67 bits per heavy atom. The molecule has 0 saturated heterocycles. The number of nitrogens with zero attached hydrogens (tertiary/aromatic N) is 1. The Hall–Kier alpha value is -7.42. The van der Waals surface area contributed by atoms with E-state index >= 15 is 0 Å². The molecule has 1 heterocycles. The smallest absolute Gasteiger partial charge is 0.140 e.